The van der Waals surface area contributed by atoms with Crippen LogP contribution in [0, 0.1) is 0 Å². The molecule has 0 spiro atoms. The highest BCUT2D eigenvalue weighted by Gasteiger charge is 2.33. The van der Waals surface area contributed by atoms with Crippen LogP contribution in [0.25, 0.3) is 0 Å². The molecule has 1 amide bonds. The highest BCUT2D eigenvalue weighted by Crippen LogP contribution is 2.46. The Morgan fingerprint density at radius 2 is 2.50 bits per heavy atom. The Kier molecular flexibility index (Phi) is 4.12. The van der Waals surface area contributed by atoms with Crippen LogP contribution in [0.4, 0.5) is 4.79 Å². The number of rotatable bonds is 2. The molecule has 1 aliphatic heterocycles. The first-order chi connectivity index (χ1) is 6.56. The molecule has 1 heterocycles. The third kappa shape index (κ3) is 3.42. The molecule has 6 heteroatoms. The second-order valence-corrected chi connectivity index (χ2v) is 6.74. The fraction of sp³-hybridized carbons (Fsp3) is 0.750. The van der Waals surface area contributed by atoms with Gasteiger partial charge in [0.05, 0.1) is 10.3 Å². The summed E-state index contributed by atoms with van der Waals surface area (Å²) in [6.07, 6.45) is 1.15. The van der Waals surface area contributed by atoms with Gasteiger partial charge >= 0.3 is 6.09 Å². The first kappa shape index (κ1) is 11.7. The molecule has 14 heavy (non-hydrogen) atoms. The minimum absolute atomic E-state index is 0.0621. The summed E-state index contributed by atoms with van der Waals surface area (Å²) in [4.78, 5) is 15.2. The summed E-state index contributed by atoms with van der Waals surface area (Å²) in [6.45, 7) is 4.25. The molecule has 0 radical (unpaired) electrons. The number of hydrogen-bond acceptors (Lipinski definition) is 5. The zero-order valence-corrected chi connectivity index (χ0v) is 10.1. The van der Waals surface area contributed by atoms with Crippen LogP contribution in [0.2, 0.25) is 0 Å². The van der Waals surface area contributed by atoms with Crippen LogP contribution < -0.4 is 5.32 Å². The van der Waals surface area contributed by atoms with E-state index in [1.807, 2.05) is 23.5 Å². The molecule has 0 aliphatic carbocycles. The number of carbonyl (C=O) groups excluding carboxylic acids is 1. The highest BCUT2D eigenvalue weighted by molar-refractivity contribution is 8.22. The standard InChI is InChI=1S/C8H14N2O2S2/c1-6-4-13-8(2,14-6)5-10-12-7(11)9-3/h5-6H,4H2,1-3H3,(H,9,11)/t6-,8-/m0/s1. The largest absolute Gasteiger partial charge is 0.433 e. The minimum Gasteiger partial charge on any atom is -0.323 e. The van der Waals surface area contributed by atoms with Crippen LogP contribution in [0.5, 0.6) is 0 Å². The Bertz CT molecular complexity index is 247. The van der Waals surface area contributed by atoms with Gasteiger partial charge in [-0.25, -0.2) is 4.79 Å². The van der Waals surface area contributed by atoms with Gasteiger partial charge in [0.2, 0.25) is 0 Å². The molecule has 2 atom stereocenters. The molecule has 1 N–H and O–H groups in total. The quantitative estimate of drug-likeness (QED) is 0.450. The van der Waals surface area contributed by atoms with E-state index in [2.05, 4.69) is 29.2 Å². The molecular weight excluding hydrogens is 220 g/mol. The van der Waals surface area contributed by atoms with Gasteiger partial charge in [-0.05, 0) is 6.92 Å². The van der Waals surface area contributed by atoms with Gasteiger partial charge in [0, 0.05) is 18.1 Å². The average Bonchev–Trinajstić information content (AvgIpc) is 2.46. The van der Waals surface area contributed by atoms with Gasteiger partial charge in [0.1, 0.15) is 0 Å². The molecule has 1 aliphatic rings. The van der Waals surface area contributed by atoms with Crippen molar-refractivity contribution in [3.05, 3.63) is 0 Å². The van der Waals surface area contributed by atoms with Crippen molar-refractivity contribution in [3.8, 4) is 0 Å². The summed E-state index contributed by atoms with van der Waals surface area (Å²) < 4.78 is -0.0621. The van der Waals surface area contributed by atoms with Gasteiger partial charge in [0.15, 0.2) is 0 Å². The molecule has 0 aromatic rings. The normalized spacial score (nSPS) is 32.1. The zero-order chi connectivity index (χ0) is 10.6. The maximum Gasteiger partial charge on any atom is 0.433 e. The summed E-state index contributed by atoms with van der Waals surface area (Å²) in [5.41, 5.74) is 0. The summed E-state index contributed by atoms with van der Waals surface area (Å²) in [5, 5.41) is 6.60. The van der Waals surface area contributed by atoms with E-state index >= 15 is 0 Å². The second kappa shape index (κ2) is 4.93. The Labute approximate surface area is 92.2 Å². The molecule has 80 valence electrons. The maximum atomic E-state index is 10.7. The van der Waals surface area contributed by atoms with Gasteiger partial charge < -0.3 is 5.32 Å². The van der Waals surface area contributed by atoms with Crippen molar-refractivity contribution >= 4 is 35.8 Å². The van der Waals surface area contributed by atoms with Crippen LogP contribution in [0.1, 0.15) is 13.8 Å². The maximum absolute atomic E-state index is 10.7. The summed E-state index contributed by atoms with van der Waals surface area (Å²) in [6, 6.07) is 0. The molecule has 1 fully saturated rings. The molecular formula is C8H14N2O2S2. The topological polar surface area (TPSA) is 50.7 Å². The molecule has 0 aromatic carbocycles. The Balaban J connectivity index is 2.39. The monoisotopic (exact) mass is 234 g/mol. The first-order valence-corrected chi connectivity index (χ1v) is 6.17. The molecule has 0 saturated carbocycles. The fourth-order valence-corrected chi connectivity index (χ4v) is 4.07. The van der Waals surface area contributed by atoms with Gasteiger partial charge in [-0.15, -0.1) is 23.5 Å². The first-order valence-electron chi connectivity index (χ1n) is 4.31. The molecule has 1 saturated heterocycles. The Morgan fingerprint density at radius 3 is 3.00 bits per heavy atom. The number of nitrogens with one attached hydrogen (secondary N) is 1. The Hall–Kier alpha value is -0.360. The van der Waals surface area contributed by atoms with Crippen molar-refractivity contribution in [1.82, 2.24) is 5.32 Å². The van der Waals surface area contributed by atoms with Crippen molar-refractivity contribution in [1.29, 1.82) is 0 Å². The van der Waals surface area contributed by atoms with Crippen LogP contribution in [0.15, 0.2) is 5.16 Å². The third-order valence-electron chi connectivity index (χ3n) is 1.67. The fourth-order valence-electron chi connectivity index (χ4n) is 1.03. The predicted molar refractivity (Wildman–Crippen MR) is 61.9 cm³/mol. The number of hydrogen-bond donors (Lipinski definition) is 1. The number of oxime groups is 1. The van der Waals surface area contributed by atoms with E-state index in [0.717, 1.165) is 5.75 Å². The van der Waals surface area contributed by atoms with E-state index in [0.29, 0.717) is 5.25 Å². The lowest BCUT2D eigenvalue weighted by molar-refractivity contribution is 0.153. The summed E-state index contributed by atoms with van der Waals surface area (Å²) >= 11 is 3.64. The van der Waals surface area contributed by atoms with E-state index in [9.17, 15) is 4.79 Å². The minimum atomic E-state index is -0.536. The molecule has 0 aromatic heterocycles. The SMILES string of the molecule is CNC(=O)ON=C[C@@]1(C)SC[C@H](C)S1. The zero-order valence-electron chi connectivity index (χ0n) is 8.44. The van der Waals surface area contributed by atoms with Crippen molar-refractivity contribution in [2.24, 2.45) is 5.16 Å². The van der Waals surface area contributed by atoms with E-state index in [-0.39, 0.29) is 4.08 Å². The summed E-state index contributed by atoms with van der Waals surface area (Å²) in [5.74, 6) is 1.10. The number of amides is 1. The summed E-state index contributed by atoms with van der Waals surface area (Å²) in [7, 11) is 1.50. The highest BCUT2D eigenvalue weighted by atomic mass is 32.2. The molecule has 4 nitrogen and oxygen atoms in total. The number of carbonyl (C=O) groups is 1. The third-order valence-corrected chi connectivity index (χ3v) is 5.01. The van der Waals surface area contributed by atoms with Crippen LogP contribution >= 0.6 is 23.5 Å². The van der Waals surface area contributed by atoms with Gasteiger partial charge in [0.25, 0.3) is 0 Å². The van der Waals surface area contributed by atoms with E-state index in [4.69, 9.17) is 0 Å². The van der Waals surface area contributed by atoms with E-state index in [1.54, 1.807) is 6.21 Å². The number of nitrogens with zero attached hydrogens (tertiary/aromatic N) is 1. The van der Waals surface area contributed by atoms with Crippen LogP contribution in [0.3, 0.4) is 0 Å². The van der Waals surface area contributed by atoms with Crippen LogP contribution in [-0.2, 0) is 4.84 Å². The average molecular weight is 234 g/mol. The lowest BCUT2D eigenvalue weighted by atomic mass is 10.5. The lowest BCUT2D eigenvalue weighted by Gasteiger charge is -2.14. The van der Waals surface area contributed by atoms with E-state index < -0.39 is 6.09 Å². The molecule has 0 unspecified atom stereocenters. The lowest BCUT2D eigenvalue weighted by Crippen LogP contribution is -2.19. The van der Waals surface area contributed by atoms with Crippen molar-refractivity contribution in [2.45, 2.75) is 23.2 Å². The van der Waals surface area contributed by atoms with Gasteiger partial charge in [-0.1, -0.05) is 12.1 Å². The van der Waals surface area contributed by atoms with Crippen molar-refractivity contribution < 1.29 is 9.63 Å². The van der Waals surface area contributed by atoms with Gasteiger partial charge in [-0.2, -0.15) is 0 Å². The number of thioether (sulfide) groups is 2. The molecule has 0 bridgehead atoms. The van der Waals surface area contributed by atoms with Crippen molar-refractivity contribution in [2.75, 3.05) is 12.8 Å². The van der Waals surface area contributed by atoms with Crippen molar-refractivity contribution in [3.63, 3.8) is 0 Å². The Morgan fingerprint density at radius 1 is 1.79 bits per heavy atom. The second-order valence-electron chi connectivity index (χ2n) is 3.12. The smallest absolute Gasteiger partial charge is 0.323 e. The molecule has 1 rings (SSSR count). The van der Waals surface area contributed by atoms with Crippen LogP contribution in [-0.4, -0.2) is 34.4 Å². The van der Waals surface area contributed by atoms with Gasteiger partial charge in [-0.3, -0.25) is 4.84 Å². The predicted octanol–water partition coefficient (Wildman–Crippen LogP) is 1.91. The van der Waals surface area contributed by atoms with E-state index in [1.165, 1.54) is 7.05 Å².